The molecular formula is C12H27IN4. The fraction of sp³-hybridized carbons (Fsp3) is 0.917. The summed E-state index contributed by atoms with van der Waals surface area (Å²) >= 11 is 0. The van der Waals surface area contributed by atoms with Crippen molar-refractivity contribution < 1.29 is 0 Å². The second-order valence-corrected chi connectivity index (χ2v) is 4.45. The van der Waals surface area contributed by atoms with E-state index in [1.54, 1.807) is 0 Å². The van der Waals surface area contributed by atoms with Crippen LogP contribution in [0, 0.1) is 0 Å². The van der Waals surface area contributed by atoms with Gasteiger partial charge in [-0.3, -0.25) is 4.99 Å². The van der Waals surface area contributed by atoms with Gasteiger partial charge in [0.1, 0.15) is 0 Å². The molecule has 0 aromatic heterocycles. The summed E-state index contributed by atoms with van der Waals surface area (Å²) in [5, 5.41) is 3.17. The Morgan fingerprint density at radius 1 is 1.29 bits per heavy atom. The van der Waals surface area contributed by atoms with Crippen LogP contribution in [-0.4, -0.2) is 43.6 Å². The number of rotatable bonds is 6. The number of unbranched alkanes of at least 4 members (excludes halogenated alkanes) is 1. The molecule has 4 nitrogen and oxygen atoms in total. The zero-order valence-electron chi connectivity index (χ0n) is 11.0. The number of likely N-dealkylation sites (tertiary alicyclic amines) is 1. The Labute approximate surface area is 122 Å². The number of hydrogen-bond acceptors (Lipinski definition) is 2. The van der Waals surface area contributed by atoms with Gasteiger partial charge in [-0.25, -0.2) is 0 Å². The van der Waals surface area contributed by atoms with Crippen LogP contribution in [0.1, 0.15) is 39.0 Å². The molecule has 1 aliphatic rings. The topological polar surface area (TPSA) is 53.6 Å². The predicted octanol–water partition coefficient (Wildman–Crippen LogP) is 1.79. The molecule has 0 bridgehead atoms. The summed E-state index contributed by atoms with van der Waals surface area (Å²) in [5.74, 6) is 0.602. The molecule has 1 heterocycles. The highest BCUT2D eigenvalue weighted by Gasteiger charge is 2.08. The molecule has 0 atom stereocenters. The number of halogens is 1. The largest absolute Gasteiger partial charge is 0.370 e. The van der Waals surface area contributed by atoms with Gasteiger partial charge in [0, 0.05) is 19.6 Å². The molecule has 3 N–H and O–H groups in total. The van der Waals surface area contributed by atoms with Gasteiger partial charge >= 0.3 is 0 Å². The van der Waals surface area contributed by atoms with E-state index >= 15 is 0 Å². The van der Waals surface area contributed by atoms with Crippen LogP contribution in [-0.2, 0) is 0 Å². The zero-order valence-corrected chi connectivity index (χ0v) is 13.3. The summed E-state index contributed by atoms with van der Waals surface area (Å²) < 4.78 is 0. The number of guanidine groups is 1. The molecule has 0 aromatic rings. The monoisotopic (exact) mass is 354 g/mol. The molecule has 1 fully saturated rings. The Hall–Kier alpha value is -0.0400. The second kappa shape index (κ2) is 11.1. The molecule has 0 spiro atoms. The van der Waals surface area contributed by atoms with Crippen molar-refractivity contribution in [3.05, 3.63) is 0 Å². The summed E-state index contributed by atoms with van der Waals surface area (Å²) in [6, 6.07) is 0. The molecule has 0 aliphatic carbocycles. The SMILES string of the molecule is CCCCN=C(N)NCCN1CCCCC1.I. The second-order valence-electron chi connectivity index (χ2n) is 4.45. The maximum atomic E-state index is 5.75. The minimum atomic E-state index is 0. The highest BCUT2D eigenvalue weighted by Crippen LogP contribution is 2.07. The van der Waals surface area contributed by atoms with E-state index in [0.717, 1.165) is 26.1 Å². The lowest BCUT2D eigenvalue weighted by atomic mass is 10.1. The van der Waals surface area contributed by atoms with Crippen molar-refractivity contribution in [3.8, 4) is 0 Å². The van der Waals surface area contributed by atoms with Crippen LogP contribution < -0.4 is 11.1 Å². The maximum absolute atomic E-state index is 5.75. The van der Waals surface area contributed by atoms with E-state index in [-0.39, 0.29) is 24.0 Å². The van der Waals surface area contributed by atoms with E-state index in [4.69, 9.17) is 5.73 Å². The Balaban J connectivity index is 0.00000256. The summed E-state index contributed by atoms with van der Waals surface area (Å²) in [6.07, 6.45) is 6.38. The normalized spacial score (nSPS) is 17.6. The van der Waals surface area contributed by atoms with Gasteiger partial charge in [0.15, 0.2) is 5.96 Å². The highest BCUT2D eigenvalue weighted by molar-refractivity contribution is 14.0. The van der Waals surface area contributed by atoms with Crippen molar-refractivity contribution in [2.45, 2.75) is 39.0 Å². The van der Waals surface area contributed by atoms with Gasteiger partial charge in [-0.2, -0.15) is 0 Å². The lowest BCUT2D eigenvalue weighted by Crippen LogP contribution is -2.40. The molecule has 0 saturated carbocycles. The van der Waals surface area contributed by atoms with Crippen LogP contribution in [0.5, 0.6) is 0 Å². The van der Waals surface area contributed by atoms with E-state index < -0.39 is 0 Å². The summed E-state index contributed by atoms with van der Waals surface area (Å²) in [7, 11) is 0. The van der Waals surface area contributed by atoms with Crippen LogP contribution in [0.25, 0.3) is 0 Å². The first kappa shape index (κ1) is 17.0. The molecule has 17 heavy (non-hydrogen) atoms. The van der Waals surface area contributed by atoms with Gasteiger partial charge in [0.25, 0.3) is 0 Å². The van der Waals surface area contributed by atoms with Gasteiger partial charge in [0.05, 0.1) is 0 Å². The molecule has 1 rings (SSSR count). The van der Waals surface area contributed by atoms with Crippen molar-refractivity contribution in [1.29, 1.82) is 0 Å². The fourth-order valence-corrected chi connectivity index (χ4v) is 1.94. The number of piperidine rings is 1. The first-order valence-electron chi connectivity index (χ1n) is 6.59. The first-order valence-corrected chi connectivity index (χ1v) is 6.59. The average molecular weight is 354 g/mol. The van der Waals surface area contributed by atoms with Crippen molar-refractivity contribution in [2.24, 2.45) is 10.7 Å². The molecule has 1 aliphatic heterocycles. The Bertz CT molecular complexity index is 203. The molecule has 0 radical (unpaired) electrons. The zero-order chi connectivity index (χ0) is 11.6. The van der Waals surface area contributed by atoms with E-state index in [2.05, 4.69) is 22.1 Å². The number of nitrogens with zero attached hydrogens (tertiary/aromatic N) is 2. The number of nitrogens with one attached hydrogen (secondary N) is 1. The standard InChI is InChI=1S/C12H26N4.HI/c1-2-3-7-14-12(13)15-8-11-16-9-5-4-6-10-16;/h2-11H2,1H3,(H3,13,14,15);1H. The summed E-state index contributed by atoms with van der Waals surface area (Å²) in [4.78, 5) is 6.76. The van der Waals surface area contributed by atoms with Gasteiger partial charge in [-0.1, -0.05) is 19.8 Å². The van der Waals surface area contributed by atoms with Gasteiger partial charge in [-0.15, -0.1) is 24.0 Å². The number of nitrogens with two attached hydrogens (primary N) is 1. The Morgan fingerprint density at radius 2 is 2.00 bits per heavy atom. The minimum absolute atomic E-state index is 0. The minimum Gasteiger partial charge on any atom is -0.370 e. The predicted molar refractivity (Wildman–Crippen MR) is 85.1 cm³/mol. The molecule has 0 aromatic carbocycles. The first-order chi connectivity index (χ1) is 7.83. The molecule has 0 amide bonds. The summed E-state index contributed by atoms with van der Waals surface area (Å²) in [6.45, 7) is 7.50. The van der Waals surface area contributed by atoms with Crippen molar-refractivity contribution in [3.63, 3.8) is 0 Å². The van der Waals surface area contributed by atoms with Crippen molar-refractivity contribution in [1.82, 2.24) is 10.2 Å². The fourth-order valence-electron chi connectivity index (χ4n) is 1.94. The molecular weight excluding hydrogens is 327 g/mol. The van der Waals surface area contributed by atoms with Gasteiger partial charge in [-0.05, 0) is 32.4 Å². The number of hydrogen-bond donors (Lipinski definition) is 2. The van der Waals surface area contributed by atoms with Crippen LogP contribution >= 0.6 is 24.0 Å². The van der Waals surface area contributed by atoms with E-state index in [0.29, 0.717) is 5.96 Å². The molecule has 1 saturated heterocycles. The number of aliphatic imine (C=N–C) groups is 1. The van der Waals surface area contributed by atoms with Crippen LogP contribution in [0.2, 0.25) is 0 Å². The molecule has 0 unspecified atom stereocenters. The summed E-state index contributed by atoms with van der Waals surface area (Å²) in [5.41, 5.74) is 5.75. The van der Waals surface area contributed by atoms with Crippen LogP contribution in [0.15, 0.2) is 4.99 Å². The van der Waals surface area contributed by atoms with Crippen molar-refractivity contribution >= 4 is 29.9 Å². The van der Waals surface area contributed by atoms with Crippen molar-refractivity contribution in [2.75, 3.05) is 32.7 Å². The van der Waals surface area contributed by atoms with Gasteiger partial charge in [0.2, 0.25) is 0 Å². The highest BCUT2D eigenvalue weighted by atomic mass is 127. The van der Waals surface area contributed by atoms with Crippen LogP contribution in [0.3, 0.4) is 0 Å². The van der Waals surface area contributed by atoms with E-state index in [9.17, 15) is 0 Å². The maximum Gasteiger partial charge on any atom is 0.188 e. The molecule has 5 heteroatoms. The third kappa shape index (κ3) is 8.65. The van der Waals surface area contributed by atoms with Crippen LogP contribution in [0.4, 0.5) is 0 Å². The lowest BCUT2D eigenvalue weighted by molar-refractivity contribution is 0.232. The smallest absolute Gasteiger partial charge is 0.188 e. The Kier molecular flexibility index (Phi) is 11.0. The van der Waals surface area contributed by atoms with Gasteiger partial charge < -0.3 is 16.0 Å². The van der Waals surface area contributed by atoms with E-state index in [1.807, 2.05) is 0 Å². The quantitative estimate of drug-likeness (QED) is 0.331. The lowest BCUT2D eigenvalue weighted by Gasteiger charge is -2.26. The Morgan fingerprint density at radius 3 is 2.65 bits per heavy atom. The van der Waals surface area contributed by atoms with E-state index in [1.165, 1.54) is 38.8 Å². The molecule has 102 valence electrons. The third-order valence-electron chi connectivity index (χ3n) is 2.98. The average Bonchev–Trinajstić information content (AvgIpc) is 2.31. The third-order valence-corrected chi connectivity index (χ3v) is 2.98.